The molecule has 1 N–H and O–H groups in total. The Labute approximate surface area is 119 Å². The third-order valence-corrected chi connectivity index (χ3v) is 3.43. The monoisotopic (exact) mass is 275 g/mol. The van der Waals surface area contributed by atoms with Crippen LogP contribution >= 0.6 is 0 Å². The molecule has 20 heavy (non-hydrogen) atoms. The predicted molar refractivity (Wildman–Crippen MR) is 79.2 cm³/mol. The van der Waals surface area contributed by atoms with Gasteiger partial charge in [-0.15, -0.1) is 0 Å². The van der Waals surface area contributed by atoms with Crippen molar-refractivity contribution in [2.24, 2.45) is 7.05 Å². The van der Waals surface area contributed by atoms with Crippen LogP contribution in [0.15, 0.2) is 24.5 Å². The first kappa shape index (κ1) is 14.7. The third-order valence-electron chi connectivity index (χ3n) is 3.43. The van der Waals surface area contributed by atoms with Crippen molar-refractivity contribution < 1.29 is 4.39 Å². The molecule has 0 spiro atoms. The van der Waals surface area contributed by atoms with Gasteiger partial charge < -0.3 is 5.32 Å². The van der Waals surface area contributed by atoms with Gasteiger partial charge in [0.2, 0.25) is 0 Å². The average molecular weight is 275 g/mol. The maximum atomic E-state index is 14.4. The molecule has 1 aromatic carbocycles. The molecule has 2 aromatic rings. The van der Waals surface area contributed by atoms with Crippen molar-refractivity contribution >= 4 is 0 Å². The van der Waals surface area contributed by atoms with Crippen LogP contribution in [-0.2, 0) is 7.05 Å². The maximum absolute atomic E-state index is 14.4. The van der Waals surface area contributed by atoms with Gasteiger partial charge in [0.1, 0.15) is 5.82 Å². The lowest BCUT2D eigenvalue weighted by Crippen LogP contribution is -2.24. The Bertz CT molecular complexity index is 566. The molecule has 1 heterocycles. The molecule has 0 saturated heterocycles. The number of aryl methyl sites for hydroxylation is 3. The summed E-state index contributed by atoms with van der Waals surface area (Å²) in [6, 6.07) is 3.47. The van der Waals surface area contributed by atoms with Crippen LogP contribution in [0.2, 0.25) is 0 Å². The van der Waals surface area contributed by atoms with Crippen LogP contribution in [0.5, 0.6) is 0 Å². The zero-order valence-corrected chi connectivity index (χ0v) is 12.6. The molecule has 1 atom stereocenters. The highest BCUT2D eigenvalue weighted by molar-refractivity contribution is 5.39. The summed E-state index contributed by atoms with van der Waals surface area (Å²) in [5, 5.41) is 7.63. The Morgan fingerprint density at radius 2 is 2.10 bits per heavy atom. The Kier molecular flexibility index (Phi) is 4.55. The van der Waals surface area contributed by atoms with E-state index in [0.29, 0.717) is 0 Å². The summed E-state index contributed by atoms with van der Waals surface area (Å²) in [6.07, 6.45) is 4.74. The first-order valence-electron chi connectivity index (χ1n) is 7.01. The molecule has 1 aromatic heterocycles. The second-order valence-electron chi connectivity index (χ2n) is 5.31. The quantitative estimate of drug-likeness (QED) is 0.907. The number of nitrogens with one attached hydrogen (secondary N) is 1. The van der Waals surface area contributed by atoms with Crippen molar-refractivity contribution in [3.05, 3.63) is 52.6 Å². The number of aromatic nitrogens is 2. The van der Waals surface area contributed by atoms with E-state index in [1.54, 1.807) is 16.9 Å². The smallest absolute Gasteiger partial charge is 0.128 e. The summed E-state index contributed by atoms with van der Waals surface area (Å²) < 4.78 is 16.2. The van der Waals surface area contributed by atoms with E-state index in [0.717, 1.165) is 35.2 Å². The molecule has 1 unspecified atom stereocenters. The first-order valence-corrected chi connectivity index (χ1v) is 7.01. The number of halogens is 1. The summed E-state index contributed by atoms with van der Waals surface area (Å²) in [4.78, 5) is 0. The summed E-state index contributed by atoms with van der Waals surface area (Å²) in [7, 11) is 1.87. The minimum Gasteiger partial charge on any atom is -0.306 e. The highest BCUT2D eigenvalue weighted by Crippen LogP contribution is 2.28. The molecular formula is C16H22FN3. The molecule has 0 bridgehead atoms. The van der Waals surface area contributed by atoms with Crippen LogP contribution in [0.4, 0.5) is 4.39 Å². The fourth-order valence-electron chi connectivity index (χ4n) is 2.56. The standard InChI is InChI=1S/C16H22FN3/c1-5-6-18-16(13-9-19-20(4)10-13)15-12(3)7-11(2)8-14(15)17/h7-10,16,18H,5-6H2,1-4H3. The van der Waals surface area contributed by atoms with Crippen molar-refractivity contribution in [3.63, 3.8) is 0 Å². The molecule has 2 rings (SSSR count). The van der Waals surface area contributed by atoms with E-state index in [4.69, 9.17) is 0 Å². The summed E-state index contributed by atoms with van der Waals surface area (Å²) >= 11 is 0. The largest absolute Gasteiger partial charge is 0.306 e. The third kappa shape index (κ3) is 3.07. The first-order chi connectivity index (χ1) is 9.52. The van der Waals surface area contributed by atoms with Gasteiger partial charge in [0.15, 0.2) is 0 Å². The van der Waals surface area contributed by atoms with Gasteiger partial charge >= 0.3 is 0 Å². The average Bonchev–Trinajstić information content (AvgIpc) is 2.78. The van der Waals surface area contributed by atoms with Crippen LogP contribution in [0.3, 0.4) is 0 Å². The predicted octanol–water partition coefficient (Wildman–Crippen LogP) is 3.27. The molecule has 0 saturated carbocycles. The molecule has 3 nitrogen and oxygen atoms in total. The van der Waals surface area contributed by atoms with Gasteiger partial charge in [0, 0.05) is 24.4 Å². The second-order valence-corrected chi connectivity index (χ2v) is 5.31. The molecule has 0 amide bonds. The van der Waals surface area contributed by atoms with E-state index < -0.39 is 0 Å². The van der Waals surface area contributed by atoms with Crippen molar-refractivity contribution in [2.75, 3.05) is 6.54 Å². The molecule has 0 fully saturated rings. The van der Waals surface area contributed by atoms with Crippen molar-refractivity contribution in [1.29, 1.82) is 0 Å². The van der Waals surface area contributed by atoms with Crippen molar-refractivity contribution in [3.8, 4) is 0 Å². The summed E-state index contributed by atoms with van der Waals surface area (Å²) in [5.74, 6) is -0.153. The van der Waals surface area contributed by atoms with E-state index >= 15 is 0 Å². The Morgan fingerprint density at radius 1 is 1.35 bits per heavy atom. The lowest BCUT2D eigenvalue weighted by Gasteiger charge is -2.21. The number of rotatable bonds is 5. The maximum Gasteiger partial charge on any atom is 0.128 e. The van der Waals surface area contributed by atoms with Crippen molar-refractivity contribution in [1.82, 2.24) is 15.1 Å². The van der Waals surface area contributed by atoms with E-state index in [-0.39, 0.29) is 11.9 Å². The highest BCUT2D eigenvalue weighted by atomic mass is 19.1. The minimum absolute atomic E-state index is 0.149. The van der Waals surface area contributed by atoms with Gasteiger partial charge in [0.25, 0.3) is 0 Å². The molecule has 0 radical (unpaired) electrons. The Balaban J connectivity index is 2.46. The number of hydrogen-bond acceptors (Lipinski definition) is 2. The summed E-state index contributed by atoms with van der Waals surface area (Å²) in [6.45, 7) is 6.82. The SMILES string of the molecule is CCCNC(c1cnn(C)c1)c1c(C)cc(C)cc1F. The van der Waals surface area contributed by atoms with Crippen LogP contribution in [-0.4, -0.2) is 16.3 Å². The zero-order chi connectivity index (χ0) is 14.7. The van der Waals surface area contributed by atoms with Gasteiger partial charge in [-0.2, -0.15) is 5.10 Å². The fourth-order valence-corrected chi connectivity index (χ4v) is 2.56. The van der Waals surface area contributed by atoms with Crippen LogP contribution < -0.4 is 5.32 Å². The molecule has 0 aliphatic rings. The minimum atomic E-state index is -0.153. The zero-order valence-electron chi connectivity index (χ0n) is 12.6. The van der Waals surface area contributed by atoms with Crippen LogP contribution in [0.1, 0.15) is 41.6 Å². The van der Waals surface area contributed by atoms with Gasteiger partial charge in [-0.25, -0.2) is 4.39 Å². The van der Waals surface area contributed by atoms with E-state index in [1.165, 1.54) is 0 Å². The Hall–Kier alpha value is -1.68. The van der Waals surface area contributed by atoms with Gasteiger partial charge in [0.05, 0.1) is 12.2 Å². The Morgan fingerprint density at radius 3 is 2.65 bits per heavy atom. The van der Waals surface area contributed by atoms with Crippen LogP contribution in [0, 0.1) is 19.7 Å². The molecular weight excluding hydrogens is 253 g/mol. The topological polar surface area (TPSA) is 29.9 Å². The lowest BCUT2D eigenvalue weighted by atomic mass is 9.94. The fraction of sp³-hybridized carbons (Fsp3) is 0.438. The van der Waals surface area contributed by atoms with E-state index in [2.05, 4.69) is 17.3 Å². The van der Waals surface area contributed by atoms with Crippen LogP contribution in [0.25, 0.3) is 0 Å². The number of hydrogen-bond donors (Lipinski definition) is 1. The molecule has 4 heteroatoms. The molecule has 0 aliphatic heterocycles. The van der Waals surface area contributed by atoms with Gasteiger partial charge in [-0.1, -0.05) is 13.0 Å². The van der Waals surface area contributed by atoms with Gasteiger partial charge in [-0.05, 0) is 44.0 Å². The lowest BCUT2D eigenvalue weighted by molar-refractivity contribution is 0.543. The normalized spacial score (nSPS) is 12.7. The van der Waals surface area contributed by atoms with Gasteiger partial charge in [-0.3, -0.25) is 4.68 Å². The molecule has 0 aliphatic carbocycles. The number of nitrogens with zero attached hydrogens (tertiary/aromatic N) is 2. The second kappa shape index (κ2) is 6.18. The van der Waals surface area contributed by atoms with E-state index in [1.807, 2.05) is 33.2 Å². The van der Waals surface area contributed by atoms with Crippen molar-refractivity contribution in [2.45, 2.75) is 33.2 Å². The highest BCUT2D eigenvalue weighted by Gasteiger charge is 2.21. The number of benzene rings is 1. The molecule has 108 valence electrons. The summed E-state index contributed by atoms with van der Waals surface area (Å²) in [5.41, 5.74) is 3.63. The van der Waals surface area contributed by atoms with E-state index in [9.17, 15) is 4.39 Å².